The molecule has 3 heterocycles. The summed E-state index contributed by atoms with van der Waals surface area (Å²) in [5, 5.41) is 23.7. The fourth-order valence-corrected chi connectivity index (χ4v) is 4.24. The Kier molecular flexibility index (Phi) is 4.44. The van der Waals surface area contributed by atoms with Crippen molar-refractivity contribution in [1.29, 1.82) is 5.26 Å². The summed E-state index contributed by atoms with van der Waals surface area (Å²) >= 11 is 0. The van der Waals surface area contributed by atoms with Crippen molar-refractivity contribution in [2.75, 3.05) is 7.11 Å². The number of aromatic nitrogens is 3. The van der Waals surface area contributed by atoms with E-state index in [4.69, 9.17) is 9.26 Å². The summed E-state index contributed by atoms with van der Waals surface area (Å²) in [5.41, 5.74) is 3.92. The van der Waals surface area contributed by atoms with Crippen molar-refractivity contribution >= 4 is 16.9 Å². The quantitative estimate of drug-likeness (QED) is 0.520. The Morgan fingerprint density at radius 3 is 2.94 bits per heavy atom. The molecule has 1 N–H and O–H groups in total. The van der Waals surface area contributed by atoms with Gasteiger partial charge in [0.15, 0.2) is 0 Å². The number of rotatable bonds is 5. The van der Waals surface area contributed by atoms with Crippen LogP contribution in [0, 0.1) is 11.3 Å². The number of hydrogen-bond acceptors (Lipinski definition) is 6. The average Bonchev–Trinajstić information content (AvgIpc) is 3.49. The van der Waals surface area contributed by atoms with Crippen LogP contribution in [0.4, 0.5) is 0 Å². The minimum absolute atomic E-state index is 0.0535. The number of ether oxygens (including phenoxy) is 1. The number of carboxylic acid groups (broad SMARTS) is 1. The molecule has 0 fully saturated rings. The molecule has 0 amide bonds. The van der Waals surface area contributed by atoms with Crippen molar-refractivity contribution in [1.82, 2.24) is 14.7 Å². The van der Waals surface area contributed by atoms with E-state index in [1.54, 1.807) is 18.2 Å². The van der Waals surface area contributed by atoms with Gasteiger partial charge in [0, 0.05) is 28.4 Å². The van der Waals surface area contributed by atoms with Crippen molar-refractivity contribution in [2.24, 2.45) is 0 Å². The lowest BCUT2D eigenvalue weighted by Gasteiger charge is -2.13. The first kappa shape index (κ1) is 18.9. The highest BCUT2D eigenvalue weighted by atomic mass is 16.5. The van der Waals surface area contributed by atoms with E-state index in [1.165, 1.54) is 7.11 Å². The van der Waals surface area contributed by atoms with Gasteiger partial charge in [0.25, 0.3) is 5.89 Å². The Hall–Kier alpha value is -4.12. The Labute approximate surface area is 177 Å². The largest absolute Gasteiger partial charge is 0.497 e. The number of carbonyl (C=O) groups is 1. The highest BCUT2D eigenvalue weighted by Crippen LogP contribution is 2.36. The predicted molar refractivity (Wildman–Crippen MR) is 112 cm³/mol. The fraction of sp³-hybridized carbons (Fsp3) is 0.217. The Bertz CT molecular complexity index is 1360. The molecule has 0 radical (unpaired) electrons. The number of hydrogen-bond donors (Lipinski definition) is 1. The molecule has 0 bridgehead atoms. The smallest absolute Gasteiger partial charge is 0.305 e. The molecule has 31 heavy (non-hydrogen) atoms. The third kappa shape index (κ3) is 3.30. The zero-order valence-electron chi connectivity index (χ0n) is 16.7. The van der Waals surface area contributed by atoms with Crippen LogP contribution >= 0.6 is 0 Å². The third-order valence-corrected chi connectivity index (χ3v) is 5.63. The van der Waals surface area contributed by atoms with Crippen LogP contribution in [0.3, 0.4) is 0 Å². The zero-order valence-corrected chi connectivity index (χ0v) is 16.7. The number of aryl methyl sites for hydroxylation is 1. The van der Waals surface area contributed by atoms with E-state index in [0.717, 1.165) is 35.0 Å². The summed E-state index contributed by atoms with van der Waals surface area (Å²) in [7, 11) is 1.53. The SMILES string of the molecule is COc1cc(C#N)cc(-c2nc(-c3ccc4cc5n(c4c3)C(CC(=O)O)CC5)no2)c1. The van der Waals surface area contributed by atoms with Gasteiger partial charge in [-0.15, -0.1) is 0 Å². The first-order chi connectivity index (χ1) is 15.1. The van der Waals surface area contributed by atoms with E-state index < -0.39 is 5.97 Å². The van der Waals surface area contributed by atoms with E-state index in [1.807, 2.05) is 18.2 Å². The van der Waals surface area contributed by atoms with Crippen molar-refractivity contribution in [3.8, 4) is 34.7 Å². The molecule has 5 rings (SSSR count). The predicted octanol–water partition coefficient (Wildman–Crippen LogP) is 4.20. The Morgan fingerprint density at radius 2 is 2.16 bits per heavy atom. The summed E-state index contributed by atoms with van der Waals surface area (Å²) in [6.07, 6.45) is 1.79. The zero-order chi connectivity index (χ0) is 21.5. The van der Waals surface area contributed by atoms with E-state index in [9.17, 15) is 15.2 Å². The fourth-order valence-electron chi connectivity index (χ4n) is 4.24. The molecule has 1 atom stereocenters. The maximum absolute atomic E-state index is 11.3. The molecule has 2 aromatic heterocycles. The van der Waals surface area contributed by atoms with Crippen LogP contribution in [0.25, 0.3) is 33.7 Å². The number of benzene rings is 2. The van der Waals surface area contributed by atoms with Crippen molar-refractivity contribution in [2.45, 2.75) is 25.3 Å². The lowest BCUT2D eigenvalue weighted by Crippen LogP contribution is -2.09. The maximum atomic E-state index is 11.3. The minimum Gasteiger partial charge on any atom is -0.497 e. The summed E-state index contributed by atoms with van der Waals surface area (Å²) in [6, 6.07) is 15.1. The van der Waals surface area contributed by atoms with Crippen LogP contribution in [-0.4, -0.2) is 32.9 Å². The molecule has 1 aliphatic rings. The van der Waals surface area contributed by atoms with Gasteiger partial charge in [0.2, 0.25) is 5.82 Å². The van der Waals surface area contributed by atoms with Gasteiger partial charge in [-0.1, -0.05) is 17.3 Å². The number of carboxylic acids is 1. The van der Waals surface area contributed by atoms with Crippen LogP contribution in [0.5, 0.6) is 5.75 Å². The molecule has 0 saturated carbocycles. The van der Waals surface area contributed by atoms with Crippen molar-refractivity contribution in [3.63, 3.8) is 0 Å². The van der Waals surface area contributed by atoms with Crippen LogP contribution < -0.4 is 4.74 Å². The molecule has 1 unspecified atom stereocenters. The Balaban J connectivity index is 1.54. The van der Waals surface area contributed by atoms with Gasteiger partial charge in [-0.2, -0.15) is 10.2 Å². The number of fused-ring (bicyclic) bond motifs is 3. The summed E-state index contributed by atoms with van der Waals surface area (Å²) < 4.78 is 12.8. The van der Waals surface area contributed by atoms with Crippen LogP contribution in [0.2, 0.25) is 0 Å². The molecule has 1 aliphatic heterocycles. The molecule has 8 nitrogen and oxygen atoms in total. The first-order valence-corrected chi connectivity index (χ1v) is 9.85. The maximum Gasteiger partial charge on any atom is 0.305 e. The van der Waals surface area contributed by atoms with Gasteiger partial charge < -0.3 is 18.9 Å². The molecule has 0 spiro atoms. The molecule has 0 saturated heterocycles. The molecule has 8 heteroatoms. The molecule has 4 aromatic rings. The third-order valence-electron chi connectivity index (χ3n) is 5.63. The van der Waals surface area contributed by atoms with E-state index in [2.05, 4.69) is 26.8 Å². The van der Waals surface area contributed by atoms with Gasteiger partial charge in [-0.05, 0) is 48.6 Å². The Morgan fingerprint density at radius 1 is 1.29 bits per heavy atom. The molecule has 154 valence electrons. The van der Waals surface area contributed by atoms with E-state index >= 15 is 0 Å². The van der Waals surface area contributed by atoms with Gasteiger partial charge in [0.05, 0.1) is 25.2 Å². The second kappa shape index (κ2) is 7.29. The molecular weight excluding hydrogens is 396 g/mol. The average molecular weight is 414 g/mol. The number of nitriles is 1. The summed E-state index contributed by atoms with van der Waals surface area (Å²) in [5.74, 6) is 0.438. The van der Waals surface area contributed by atoms with Crippen LogP contribution in [-0.2, 0) is 11.2 Å². The second-order valence-corrected chi connectivity index (χ2v) is 7.55. The highest BCUT2D eigenvalue weighted by Gasteiger charge is 2.26. The van der Waals surface area contributed by atoms with Gasteiger partial charge >= 0.3 is 5.97 Å². The molecule has 0 aliphatic carbocycles. The van der Waals surface area contributed by atoms with Gasteiger partial charge in [-0.3, -0.25) is 4.79 Å². The van der Waals surface area contributed by atoms with E-state index in [-0.39, 0.29) is 18.4 Å². The lowest BCUT2D eigenvalue weighted by atomic mass is 10.1. The van der Waals surface area contributed by atoms with Crippen LogP contribution in [0.15, 0.2) is 47.0 Å². The minimum atomic E-state index is -0.798. The van der Waals surface area contributed by atoms with Gasteiger partial charge in [0.1, 0.15) is 5.75 Å². The normalized spacial score (nSPS) is 15.0. The van der Waals surface area contributed by atoms with Crippen molar-refractivity contribution < 1.29 is 19.2 Å². The lowest BCUT2D eigenvalue weighted by molar-refractivity contribution is -0.137. The van der Waals surface area contributed by atoms with E-state index in [0.29, 0.717) is 22.7 Å². The number of aliphatic carboxylic acids is 1. The van der Waals surface area contributed by atoms with Crippen LogP contribution in [0.1, 0.15) is 30.1 Å². The summed E-state index contributed by atoms with van der Waals surface area (Å²) in [4.78, 5) is 15.8. The molecular formula is C23H18N4O4. The second-order valence-electron chi connectivity index (χ2n) is 7.55. The number of methoxy groups -OCH3 is 1. The first-order valence-electron chi connectivity index (χ1n) is 9.85. The monoisotopic (exact) mass is 414 g/mol. The van der Waals surface area contributed by atoms with Gasteiger partial charge in [-0.25, -0.2) is 0 Å². The molecule has 2 aromatic carbocycles. The standard InChI is InChI=1S/C23H18N4O4/c1-30-19-7-13(12-24)6-16(9-19)23-25-22(26-31-23)15-3-2-14-8-17-4-5-18(11-21(28)29)27(17)20(14)10-15/h2-3,6-10,18H,4-5,11H2,1H3,(H,28,29). The highest BCUT2D eigenvalue weighted by molar-refractivity contribution is 5.86. The summed E-state index contributed by atoms with van der Waals surface area (Å²) in [6.45, 7) is 0. The topological polar surface area (TPSA) is 114 Å². The van der Waals surface area contributed by atoms with Crippen molar-refractivity contribution in [3.05, 3.63) is 53.7 Å². The number of nitrogens with zero attached hydrogens (tertiary/aromatic N) is 4.